The molecule has 0 bridgehead atoms. The van der Waals surface area contributed by atoms with Gasteiger partial charge in [-0.2, -0.15) is 0 Å². The molecule has 0 aliphatic rings. The topological polar surface area (TPSA) is 0 Å². The van der Waals surface area contributed by atoms with Crippen LogP contribution < -0.4 is 0 Å². The first-order chi connectivity index (χ1) is 7.23. The average molecular weight is 252 g/mol. The van der Waals surface area contributed by atoms with Crippen LogP contribution in [0.4, 0.5) is 0 Å². The second-order valence-corrected chi connectivity index (χ2v) is 13.7. The molecule has 0 saturated carbocycles. The lowest BCUT2D eigenvalue weighted by atomic mass is 10.3. The summed E-state index contributed by atoms with van der Waals surface area (Å²) in [5.74, 6) is 0. The fraction of sp³-hybridized carbons (Fsp3) is 0.571. The van der Waals surface area contributed by atoms with Crippen LogP contribution in [0.2, 0.25) is 0 Å². The van der Waals surface area contributed by atoms with E-state index in [1.165, 1.54) is 0 Å². The standard InChI is InChI=1S/C14H22P2/c1-13(2,3)15-11-9-7-8-10-12(11)16(15)14(4,5)6/h7-10H,1-6H3. The molecule has 0 N–H and O–H groups in total. The molecule has 0 radical (unpaired) electrons. The van der Waals surface area contributed by atoms with E-state index in [0.29, 0.717) is 10.3 Å². The zero-order valence-corrected chi connectivity index (χ0v) is 13.0. The van der Waals surface area contributed by atoms with Crippen molar-refractivity contribution in [2.75, 3.05) is 0 Å². The normalized spacial score (nSPS) is 15.9. The summed E-state index contributed by atoms with van der Waals surface area (Å²) in [7, 11) is 0.117. The number of hydrogen-bond acceptors (Lipinski definition) is 0. The molecule has 0 aliphatic carbocycles. The van der Waals surface area contributed by atoms with Crippen molar-refractivity contribution in [3.05, 3.63) is 24.3 Å². The molecule has 1 heterocycles. The Bertz CT molecular complexity index is 454. The molecule has 2 unspecified atom stereocenters. The van der Waals surface area contributed by atoms with Gasteiger partial charge in [0.1, 0.15) is 0 Å². The summed E-state index contributed by atoms with van der Waals surface area (Å²) in [5.41, 5.74) is 0. The molecule has 1 aromatic carbocycles. The summed E-state index contributed by atoms with van der Waals surface area (Å²) < 4.78 is 0. The first kappa shape index (κ1) is 12.3. The summed E-state index contributed by atoms with van der Waals surface area (Å²) in [6, 6.07) is 9.12. The number of benzene rings is 1. The minimum absolute atomic E-state index is 0.0586. The van der Waals surface area contributed by atoms with Crippen molar-refractivity contribution in [1.29, 1.82) is 0 Å². The molecule has 2 atom stereocenters. The Morgan fingerprint density at radius 2 is 1.00 bits per heavy atom. The van der Waals surface area contributed by atoms with Crippen LogP contribution in [-0.2, 0) is 10.3 Å². The second kappa shape index (κ2) is 3.66. The van der Waals surface area contributed by atoms with E-state index >= 15 is 0 Å². The molecule has 2 heteroatoms. The SMILES string of the molecule is CC(C)(C)p1c2ccccc2p1C(C)(C)C. The quantitative estimate of drug-likeness (QED) is 0.514. The van der Waals surface area contributed by atoms with Gasteiger partial charge in [0.25, 0.3) is 0 Å². The average Bonchev–Trinajstić information content (AvgIpc) is 2.01. The monoisotopic (exact) mass is 252 g/mol. The van der Waals surface area contributed by atoms with Crippen molar-refractivity contribution < 1.29 is 0 Å². The zero-order chi connectivity index (χ0) is 12.1. The van der Waals surface area contributed by atoms with E-state index < -0.39 is 0 Å². The summed E-state index contributed by atoms with van der Waals surface area (Å²) in [6.07, 6.45) is 0. The van der Waals surface area contributed by atoms with Crippen LogP contribution in [0.3, 0.4) is 0 Å². The van der Waals surface area contributed by atoms with E-state index in [-0.39, 0.29) is 14.4 Å². The highest BCUT2D eigenvalue weighted by molar-refractivity contribution is 8.17. The highest BCUT2D eigenvalue weighted by atomic mass is 31.9. The van der Waals surface area contributed by atoms with Crippen LogP contribution in [0.1, 0.15) is 41.5 Å². The lowest BCUT2D eigenvalue weighted by Gasteiger charge is -2.37. The van der Waals surface area contributed by atoms with Gasteiger partial charge in [0.05, 0.1) is 0 Å². The van der Waals surface area contributed by atoms with Crippen LogP contribution in [0.25, 0.3) is 10.2 Å². The third-order valence-corrected chi connectivity index (χ3v) is 13.7. The highest BCUT2D eigenvalue weighted by Gasteiger charge is 2.31. The maximum absolute atomic E-state index is 2.41. The Morgan fingerprint density at radius 3 is 1.25 bits per heavy atom. The first-order valence-corrected chi connectivity index (χ1v) is 9.31. The van der Waals surface area contributed by atoms with Gasteiger partial charge in [0.15, 0.2) is 0 Å². The summed E-state index contributed by atoms with van der Waals surface area (Å²) in [5, 5.41) is 4.27. The van der Waals surface area contributed by atoms with E-state index in [1.54, 1.807) is 10.2 Å². The number of rotatable bonds is 0. The molecule has 0 amide bonds. The molecule has 2 aromatic rings. The van der Waals surface area contributed by atoms with Crippen LogP contribution in [-0.4, -0.2) is 0 Å². The summed E-state index contributed by atoms with van der Waals surface area (Å²) in [4.78, 5) is 0. The molecule has 2 rings (SSSR count). The molecular formula is C14H22P2. The fourth-order valence-corrected chi connectivity index (χ4v) is 12.3. The van der Waals surface area contributed by atoms with Gasteiger partial charge in [-0.15, -0.1) is 0 Å². The minimum atomic E-state index is 0.0586. The van der Waals surface area contributed by atoms with Crippen molar-refractivity contribution in [3.63, 3.8) is 0 Å². The van der Waals surface area contributed by atoms with E-state index in [4.69, 9.17) is 0 Å². The maximum atomic E-state index is 2.41. The molecule has 0 spiro atoms. The highest BCUT2D eigenvalue weighted by Crippen LogP contribution is 2.77. The summed E-state index contributed by atoms with van der Waals surface area (Å²) >= 11 is 0. The van der Waals surface area contributed by atoms with Crippen molar-refractivity contribution in [1.82, 2.24) is 0 Å². The molecular weight excluding hydrogens is 230 g/mol. The third kappa shape index (κ3) is 1.87. The maximum Gasteiger partial charge on any atom is 0.00968 e. The molecule has 0 aliphatic heterocycles. The molecule has 0 saturated heterocycles. The van der Waals surface area contributed by atoms with Gasteiger partial charge in [-0.3, -0.25) is 0 Å². The van der Waals surface area contributed by atoms with Crippen LogP contribution in [0.5, 0.6) is 0 Å². The van der Waals surface area contributed by atoms with E-state index in [1.807, 2.05) is 0 Å². The van der Waals surface area contributed by atoms with E-state index in [2.05, 4.69) is 65.8 Å². The lowest BCUT2D eigenvalue weighted by Crippen LogP contribution is -2.08. The van der Waals surface area contributed by atoms with E-state index in [0.717, 1.165) is 0 Å². The van der Waals surface area contributed by atoms with Crippen molar-refractivity contribution in [3.8, 4) is 0 Å². The van der Waals surface area contributed by atoms with Gasteiger partial charge >= 0.3 is 0 Å². The van der Waals surface area contributed by atoms with Crippen molar-refractivity contribution >= 4 is 24.7 Å². The molecule has 0 fully saturated rings. The Morgan fingerprint density at radius 1 is 0.688 bits per heavy atom. The van der Waals surface area contributed by atoms with Crippen molar-refractivity contribution in [2.45, 2.75) is 51.9 Å². The van der Waals surface area contributed by atoms with Gasteiger partial charge in [-0.1, -0.05) is 68.1 Å². The predicted molar refractivity (Wildman–Crippen MR) is 79.4 cm³/mol. The van der Waals surface area contributed by atoms with Crippen molar-refractivity contribution in [2.24, 2.45) is 0 Å². The van der Waals surface area contributed by atoms with Gasteiger partial charge in [0.2, 0.25) is 0 Å². The minimum Gasteiger partial charge on any atom is -0.0895 e. The fourth-order valence-electron chi connectivity index (χ4n) is 2.32. The Kier molecular flexibility index (Phi) is 2.81. The molecule has 0 nitrogen and oxygen atoms in total. The number of fused-ring (bicyclic) bond motifs is 1. The van der Waals surface area contributed by atoms with Gasteiger partial charge in [-0.25, -0.2) is 0 Å². The largest absolute Gasteiger partial charge is 0.0895 e. The molecule has 1 aromatic heterocycles. The second-order valence-electron chi connectivity index (χ2n) is 6.45. The predicted octanol–water partition coefficient (Wildman–Crippen LogP) is 6.32. The Hall–Kier alpha value is -0.180. The third-order valence-electron chi connectivity index (χ3n) is 2.81. The van der Waals surface area contributed by atoms with E-state index in [9.17, 15) is 0 Å². The van der Waals surface area contributed by atoms with Gasteiger partial charge in [-0.05, 0) is 12.1 Å². The zero-order valence-electron chi connectivity index (χ0n) is 11.2. The van der Waals surface area contributed by atoms with Gasteiger partial charge < -0.3 is 0 Å². The Labute approximate surface area is 101 Å². The lowest BCUT2D eigenvalue weighted by molar-refractivity contribution is 0.710. The summed E-state index contributed by atoms with van der Waals surface area (Å²) in [6.45, 7) is 14.5. The first-order valence-electron chi connectivity index (χ1n) is 5.92. The molecule has 88 valence electrons. The van der Waals surface area contributed by atoms with Crippen LogP contribution in [0, 0.1) is 0 Å². The molecule has 16 heavy (non-hydrogen) atoms. The van der Waals surface area contributed by atoms with Crippen LogP contribution in [0.15, 0.2) is 24.3 Å². The van der Waals surface area contributed by atoms with Crippen LogP contribution >= 0.6 is 14.4 Å². The smallest absolute Gasteiger partial charge is 0.00968 e. The van der Waals surface area contributed by atoms with Gasteiger partial charge in [0, 0.05) is 20.5 Å². The Balaban J connectivity index is 2.73. The number of hydrogen-bond donors (Lipinski definition) is 0.